The highest BCUT2D eigenvalue weighted by Crippen LogP contribution is 2.30. The minimum absolute atomic E-state index is 0.00784. The number of hydrogen-bond donors (Lipinski definition) is 2. The van der Waals surface area contributed by atoms with Gasteiger partial charge in [0.1, 0.15) is 16.9 Å². The van der Waals surface area contributed by atoms with Crippen molar-refractivity contribution in [2.45, 2.75) is 40.7 Å². The van der Waals surface area contributed by atoms with Crippen LogP contribution in [0.4, 0.5) is 0 Å². The van der Waals surface area contributed by atoms with Crippen LogP contribution in [0.1, 0.15) is 48.2 Å². The molecule has 0 aliphatic carbocycles. The maximum atomic E-state index is 11.6. The third-order valence-corrected chi connectivity index (χ3v) is 5.35. The first-order valence-electron chi connectivity index (χ1n) is 10.5. The molecule has 2 aromatic carbocycles. The molecule has 2 aromatic heterocycles. The number of aromatic nitrogens is 4. The Bertz CT molecular complexity index is 1300. The molecule has 2 N–H and O–H groups in total. The highest BCUT2D eigenvalue weighted by Gasteiger charge is 2.22. The van der Waals surface area contributed by atoms with Gasteiger partial charge in [0.05, 0.1) is 11.3 Å². The number of carboxylic acid groups (broad SMARTS) is 1. The fourth-order valence-electron chi connectivity index (χ4n) is 3.87. The number of aromatic hydroxyl groups is 1. The molecule has 164 valence electrons. The van der Waals surface area contributed by atoms with Crippen molar-refractivity contribution in [2.24, 2.45) is 5.41 Å². The van der Waals surface area contributed by atoms with Crippen LogP contribution in [0.3, 0.4) is 0 Å². The Morgan fingerprint density at radius 2 is 1.72 bits per heavy atom. The number of carboxylic acids is 1. The van der Waals surface area contributed by atoms with Gasteiger partial charge in [-0.15, -0.1) is 10.2 Å². The number of nitrogens with zero attached hydrogens (tertiary/aromatic N) is 4. The van der Waals surface area contributed by atoms with Crippen molar-refractivity contribution in [1.82, 2.24) is 19.7 Å². The van der Waals surface area contributed by atoms with Crippen LogP contribution in [0.15, 0.2) is 48.5 Å². The zero-order chi connectivity index (χ0) is 23.0. The van der Waals surface area contributed by atoms with Gasteiger partial charge < -0.3 is 14.8 Å². The number of fused-ring (bicyclic) bond motifs is 1. The summed E-state index contributed by atoms with van der Waals surface area (Å²) in [5.74, 6) is -0.223. The second kappa shape index (κ2) is 8.07. The quantitative estimate of drug-likeness (QED) is 0.470. The van der Waals surface area contributed by atoms with E-state index in [4.69, 9.17) is 4.98 Å². The van der Waals surface area contributed by atoms with Crippen molar-refractivity contribution < 1.29 is 15.0 Å². The molecule has 0 unspecified atom stereocenters. The summed E-state index contributed by atoms with van der Waals surface area (Å²) in [5, 5.41) is 27.8. The molecule has 0 spiro atoms. The summed E-state index contributed by atoms with van der Waals surface area (Å²) in [6.45, 7) is 8.78. The van der Waals surface area contributed by atoms with Crippen molar-refractivity contribution in [3.05, 3.63) is 71.2 Å². The Hall–Kier alpha value is -3.74. The molecule has 0 fully saturated rings. The van der Waals surface area contributed by atoms with Crippen LogP contribution in [-0.2, 0) is 13.0 Å². The lowest BCUT2D eigenvalue weighted by atomic mass is 9.92. The van der Waals surface area contributed by atoms with Gasteiger partial charge in [-0.25, -0.2) is 9.78 Å². The number of hydrogen-bond acceptors (Lipinski definition) is 5. The summed E-state index contributed by atoms with van der Waals surface area (Å²) in [5.41, 5.74) is 4.71. The zero-order valence-corrected chi connectivity index (χ0v) is 18.6. The van der Waals surface area contributed by atoms with E-state index in [2.05, 4.69) is 31.0 Å². The average Bonchev–Trinajstić information content (AvgIpc) is 3.09. The van der Waals surface area contributed by atoms with Gasteiger partial charge in [0.25, 0.3) is 5.88 Å². The van der Waals surface area contributed by atoms with Crippen molar-refractivity contribution in [3.8, 4) is 17.0 Å². The molecule has 0 aliphatic heterocycles. The summed E-state index contributed by atoms with van der Waals surface area (Å²) in [6.07, 6.45) is 0.727. The SMILES string of the molecule is Cc1nnc(O)c2c1nc(CC(C)(C)C)n2Cc1ccc(-c2ccccc2C(=O)O)cc1. The van der Waals surface area contributed by atoms with E-state index in [1.807, 2.05) is 47.9 Å². The second-order valence-corrected chi connectivity index (χ2v) is 9.21. The topological polar surface area (TPSA) is 101 Å². The third kappa shape index (κ3) is 4.19. The lowest BCUT2D eigenvalue weighted by molar-refractivity contribution is 0.0697. The van der Waals surface area contributed by atoms with E-state index in [1.54, 1.807) is 12.1 Å². The first-order chi connectivity index (χ1) is 15.1. The molecule has 0 aliphatic rings. The molecule has 7 heteroatoms. The van der Waals surface area contributed by atoms with Gasteiger partial charge in [0.15, 0.2) is 0 Å². The van der Waals surface area contributed by atoms with Gasteiger partial charge >= 0.3 is 5.97 Å². The number of aromatic carboxylic acids is 1. The molecule has 0 saturated heterocycles. The van der Waals surface area contributed by atoms with Gasteiger partial charge in [-0.1, -0.05) is 63.2 Å². The third-order valence-electron chi connectivity index (χ3n) is 5.35. The number of carbonyl (C=O) groups is 1. The lowest BCUT2D eigenvalue weighted by Crippen LogP contribution is -2.15. The van der Waals surface area contributed by atoms with Gasteiger partial charge in [0, 0.05) is 13.0 Å². The van der Waals surface area contributed by atoms with Crippen molar-refractivity contribution >= 4 is 17.0 Å². The molecule has 2 heterocycles. The van der Waals surface area contributed by atoms with Crippen LogP contribution >= 0.6 is 0 Å². The predicted molar refractivity (Wildman–Crippen MR) is 123 cm³/mol. The van der Waals surface area contributed by atoms with E-state index in [1.165, 1.54) is 0 Å². The van der Waals surface area contributed by atoms with Crippen LogP contribution in [0.25, 0.3) is 22.2 Å². The largest absolute Gasteiger partial charge is 0.491 e. The van der Waals surface area contributed by atoms with E-state index >= 15 is 0 Å². The molecule has 0 saturated carbocycles. The fourth-order valence-corrected chi connectivity index (χ4v) is 3.87. The molecule has 4 rings (SSSR count). The van der Waals surface area contributed by atoms with Crippen LogP contribution in [0.5, 0.6) is 5.88 Å². The lowest BCUT2D eigenvalue weighted by Gasteiger charge is -2.19. The predicted octanol–water partition coefficient (Wildman–Crippen LogP) is 4.84. The highest BCUT2D eigenvalue weighted by atomic mass is 16.4. The van der Waals surface area contributed by atoms with Gasteiger partial charge in [-0.05, 0) is 35.1 Å². The van der Waals surface area contributed by atoms with Crippen LogP contribution in [0.2, 0.25) is 0 Å². The van der Waals surface area contributed by atoms with Gasteiger partial charge in [0.2, 0.25) is 0 Å². The van der Waals surface area contributed by atoms with E-state index in [9.17, 15) is 15.0 Å². The van der Waals surface area contributed by atoms with Crippen LogP contribution in [-0.4, -0.2) is 35.9 Å². The number of benzene rings is 2. The molecule has 32 heavy (non-hydrogen) atoms. The summed E-state index contributed by atoms with van der Waals surface area (Å²) in [7, 11) is 0. The zero-order valence-electron chi connectivity index (χ0n) is 18.6. The molecule has 4 aromatic rings. The first kappa shape index (κ1) is 21.5. The summed E-state index contributed by atoms with van der Waals surface area (Å²) < 4.78 is 2.00. The highest BCUT2D eigenvalue weighted by molar-refractivity contribution is 5.96. The second-order valence-electron chi connectivity index (χ2n) is 9.21. The molecular formula is C25H26N4O3. The van der Waals surface area contributed by atoms with Crippen molar-refractivity contribution in [2.75, 3.05) is 0 Å². The molecular weight excluding hydrogens is 404 g/mol. The Balaban J connectivity index is 1.75. The van der Waals surface area contributed by atoms with Gasteiger partial charge in [-0.2, -0.15) is 0 Å². The molecule has 0 radical (unpaired) electrons. The monoisotopic (exact) mass is 430 g/mol. The Morgan fingerprint density at radius 3 is 2.38 bits per heavy atom. The van der Waals surface area contributed by atoms with Crippen LogP contribution < -0.4 is 0 Å². The van der Waals surface area contributed by atoms with E-state index in [0.717, 1.165) is 23.4 Å². The maximum absolute atomic E-state index is 11.6. The summed E-state index contributed by atoms with van der Waals surface area (Å²) in [6, 6.07) is 14.8. The normalized spacial score (nSPS) is 11.8. The van der Waals surface area contributed by atoms with E-state index < -0.39 is 5.97 Å². The molecule has 0 amide bonds. The van der Waals surface area contributed by atoms with Gasteiger partial charge in [-0.3, -0.25) is 0 Å². The Morgan fingerprint density at radius 1 is 1.03 bits per heavy atom. The maximum Gasteiger partial charge on any atom is 0.336 e. The minimum atomic E-state index is -0.951. The number of aryl methyl sites for hydroxylation is 1. The van der Waals surface area contributed by atoms with Crippen LogP contribution in [0, 0.1) is 12.3 Å². The van der Waals surface area contributed by atoms with Crippen molar-refractivity contribution in [1.29, 1.82) is 0 Å². The minimum Gasteiger partial charge on any atom is -0.491 e. The Labute approximate surface area is 186 Å². The van der Waals surface area contributed by atoms with Crippen molar-refractivity contribution in [3.63, 3.8) is 0 Å². The number of imidazole rings is 1. The standard InChI is InChI=1S/C25H26N4O3/c1-15-21-22(23(30)28-27-15)29(20(26-21)13-25(2,3)4)14-16-9-11-17(12-10-16)18-7-5-6-8-19(18)24(31)32/h5-12H,13-14H2,1-4H3,(H,28,30)(H,31,32). The molecule has 7 nitrogen and oxygen atoms in total. The smallest absolute Gasteiger partial charge is 0.336 e. The van der Waals surface area contributed by atoms with E-state index in [-0.39, 0.29) is 16.9 Å². The molecule has 0 bridgehead atoms. The molecule has 0 atom stereocenters. The summed E-state index contributed by atoms with van der Waals surface area (Å²) >= 11 is 0. The average molecular weight is 431 g/mol. The first-order valence-corrected chi connectivity index (χ1v) is 10.5. The fraction of sp³-hybridized carbons (Fsp3) is 0.280. The number of rotatable bonds is 5. The Kier molecular flexibility index (Phi) is 5.42. The summed E-state index contributed by atoms with van der Waals surface area (Å²) in [4.78, 5) is 16.3. The van der Waals surface area contributed by atoms with E-state index in [0.29, 0.717) is 28.8 Å².